The summed E-state index contributed by atoms with van der Waals surface area (Å²) in [6.07, 6.45) is 2.12. The zero-order valence-electron chi connectivity index (χ0n) is 23.4. The molecule has 0 saturated carbocycles. The SMILES string of the molecule is CCCOC(=O)OC[C@H](C)OC(=O)[C@@H](N)Cc1ccc(OC(=O)C(C)CCC)c(OC(=O)C(C)CCC)c1. The fourth-order valence-electron chi connectivity index (χ4n) is 3.43. The van der Waals surface area contributed by atoms with E-state index in [-0.39, 0.29) is 43.0 Å². The first kappa shape index (κ1) is 32.9. The highest BCUT2D eigenvalue weighted by atomic mass is 16.7. The van der Waals surface area contributed by atoms with Gasteiger partial charge in [0, 0.05) is 0 Å². The van der Waals surface area contributed by atoms with Gasteiger partial charge in [-0.2, -0.15) is 0 Å². The van der Waals surface area contributed by atoms with Crippen molar-refractivity contribution in [3.8, 4) is 11.5 Å². The maximum absolute atomic E-state index is 12.6. The van der Waals surface area contributed by atoms with Gasteiger partial charge >= 0.3 is 24.1 Å². The molecule has 1 aromatic rings. The molecule has 1 aromatic carbocycles. The molecular weight excluding hydrogens is 494 g/mol. The second kappa shape index (κ2) is 17.4. The lowest BCUT2D eigenvalue weighted by Crippen LogP contribution is -2.37. The third-order valence-electron chi connectivity index (χ3n) is 5.61. The van der Waals surface area contributed by atoms with E-state index in [1.54, 1.807) is 26.8 Å². The number of ether oxygens (including phenoxy) is 5. The summed E-state index contributed by atoms with van der Waals surface area (Å²) in [5, 5.41) is 0. The number of hydrogen-bond donors (Lipinski definition) is 1. The monoisotopic (exact) mass is 537 g/mol. The Balaban J connectivity index is 2.92. The molecule has 0 aliphatic rings. The molecule has 0 saturated heterocycles. The van der Waals surface area contributed by atoms with E-state index < -0.39 is 36.2 Å². The van der Waals surface area contributed by atoms with Crippen LogP contribution in [0.1, 0.15) is 79.2 Å². The van der Waals surface area contributed by atoms with Crippen LogP contribution >= 0.6 is 0 Å². The minimum absolute atomic E-state index is 0.0699. The van der Waals surface area contributed by atoms with E-state index in [2.05, 4.69) is 0 Å². The Morgan fingerprint density at radius 2 is 1.37 bits per heavy atom. The zero-order chi connectivity index (χ0) is 28.7. The van der Waals surface area contributed by atoms with Crippen LogP contribution in [0.2, 0.25) is 0 Å². The van der Waals surface area contributed by atoms with Crippen LogP contribution in [0.25, 0.3) is 0 Å². The van der Waals surface area contributed by atoms with Gasteiger partial charge in [-0.3, -0.25) is 14.4 Å². The third kappa shape index (κ3) is 11.9. The summed E-state index contributed by atoms with van der Waals surface area (Å²) in [6, 6.07) is 3.66. The molecule has 10 heteroatoms. The number of benzene rings is 1. The predicted octanol–water partition coefficient (Wildman–Crippen LogP) is 4.73. The molecule has 1 rings (SSSR count). The number of hydrogen-bond acceptors (Lipinski definition) is 10. The van der Waals surface area contributed by atoms with Gasteiger partial charge in [-0.15, -0.1) is 0 Å². The summed E-state index contributed by atoms with van der Waals surface area (Å²) >= 11 is 0. The van der Waals surface area contributed by atoms with Gasteiger partial charge < -0.3 is 29.4 Å². The van der Waals surface area contributed by atoms with Crippen molar-refractivity contribution in [2.24, 2.45) is 17.6 Å². The van der Waals surface area contributed by atoms with Gasteiger partial charge in [0.25, 0.3) is 0 Å². The molecule has 0 aliphatic carbocycles. The smallest absolute Gasteiger partial charge is 0.458 e. The van der Waals surface area contributed by atoms with Crippen LogP contribution in [0.4, 0.5) is 4.79 Å². The fourth-order valence-corrected chi connectivity index (χ4v) is 3.43. The summed E-state index contributed by atoms with van der Waals surface area (Å²) in [5.41, 5.74) is 6.63. The van der Waals surface area contributed by atoms with Gasteiger partial charge in [-0.05, 0) is 50.3 Å². The number of esters is 3. The molecule has 0 heterocycles. The molecule has 2 N–H and O–H groups in total. The predicted molar refractivity (Wildman–Crippen MR) is 141 cm³/mol. The fraction of sp³-hybridized carbons (Fsp3) is 0.643. The summed E-state index contributed by atoms with van der Waals surface area (Å²) < 4.78 is 26.1. The van der Waals surface area contributed by atoms with E-state index in [1.165, 1.54) is 12.1 Å². The molecule has 4 atom stereocenters. The van der Waals surface area contributed by atoms with Crippen LogP contribution < -0.4 is 15.2 Å². The Kier molecular flexibility index (Phi) is 15.0. The largest absolute Gasteiger partial charge is 0.508 e. The quantitative estimate of drug-likeness (QED) is 0.232. The van der Waals surface area contributed by atoms with Crippen LogP contribution in [-0.4, -0.2) is 49.4 Å². The van der Waals surface area contributed by atoms with Crippen LogP contribution in [0, 0.1) is 11.8 Å². The second-order valence-corrected chi connectivity index (χ2v) is 9.47. The van der Waals surface area contributed by atoms with E-state index in [0.29, 0.717) is 24.8 Å². The Morgan fingerprint density at radius 1 is 0.789 bits per heavy atom. The average molecular weight is 538 g/mol. The topological polar surface area (TPSA) is 140 Å². The molecule has 38 heavy (non-hydrogen) atoms. The van der Waals surface area contributed by atoms with Gasteiger partial charge in [0.1, 0.15) is 18.8 Å². The first-order valence-electron chi connectivity index (χ1n) is 13.3. The minimum atomic E-state index is -1.04. The molecular formula is C28H43NO9. The summed E-state index contributed by atoms with van der Waals surface area (Å²) in [7, 11) is 0. The molecule has 0 spiro atoms. The molecule has 0 bridgehead atoms. The van der Waals surface area contributed by atoms with Crippen molar-refractivity contribution in [3.05, 3.63) is 23.8 Å². The van der Waals surface area contributed by atoms with Gasteiger partial charge in [0.15, 0.2) is 11.5 Å². The number of carbonyl (C=O) groups is 4. The standard InChI is InChI=1S/C28H43NO9/c1-7-10-18(4)25(30)37-23-13-12-21(16-24(23)38-26(31)19(5)11-8-2)15-22(29)27(32)36-20(6)17-35-28(33)34-14-9-3/h12-13,16,18-20,22H,7-11,14-15,17,29H2,1-6H3/t18?,19?,20-,22-/m0/s1. The van der Waals surface area contributed by atoms with Crippen molar-refractivity contribution in [1.82, 2.24) is 0 Å². The molecule has 0 aliphatic heterocycles. The lowest BCUT2D eigenvalue weighted by atomic mass is 10.0. The van der Waals surface area contributed by atoms with E-state index in [4.69, 9.17) is 29.4 Å². The molecule has 0 radical (unpaired) electrons. The van der Waals surface area contributed by atoms with Crippen molar-refractivity contribution >= 4 is 24.1 Å². The molecule has 0 fully saturated rings. The number of rotatable bonds is 16. The Bertz CT molecular complexity index is 918. The van der Waals surface area contributed by atoms with Gasteiger partial charge in [0.05, 0.1) is 18.4 Å². The van der Waals surface area contributed by atoms with Crippen molar-refractivity contribution in [1.29, 1.82) is 0 Å². The maximum atomic E-state index is 12.6. The Hall–Kier alpha value is -3.14. The highest BCUT2D eigenvalue weighted by Crippen LogP contribution is 2.31. The molecule has 2 unspecified atom stereocenters. The van der Waals surface area contributed by atoms with Gasteiger partial charge in [0.2, 0.25) is 0 Å². The molecule has 0 amide bonds. The summed E-state index contributed by atoms with van der Waals surface area (Å²) in [6.45, 7) is 11.0. The van der Waals surface area contributed by atoms with Crippen LogP contribution in [0.15, 0.2) is 18.2 Å². The molecule has 10 nitrogen and oxygen atoms in total. The highest BCUT2D eigenvalue weighted by molar-refractivity contribution is 5.79. The Morgan fingerprint density at radius 3 is 1.92 bits per heavy atom. The number of carbonyl (C=O) groups excluding carboxylic acids is 4. The van der Waals surface area contributed by atoms with E-state index in [0.717, 1.165) is 12.8 Å². The first-order chi connectivity index (χ1) is 18.0. The van der Waals surface area contributed by atoms with Crippen molar-refractivity contribution in [3.63, 3.8) is 0 Å². The van der Waals surface area contributed by atoms with E-state index in [9.17, 15) is 19.2 Å². The summed E-state index contributed by atoms with van der Waals surface area (Å²) in [4.78, 5) is 49.0. The maximum Gasteiger partial charge on any atom is 0.508 e. The zero-order valence-corrected chi connectivity index (χ0v) is 23.4. The Labute approximate surface area is 225 Å². The highest BCUT2D eigenvalue weighted by Gasteiger charge is 2.23. The van der Waals surface area contributed by atoms with Gasteiger partial charge in [-0.1, -0.05) is 53.5 Å². The van der Waals surface area contributed by atoms with Crippen molar-refractivity contribution in [2.45, 2.75) is 92.2 Å². The minimum Gasteiger partial charge on any atom is -0.458 e. The van der Waals surface area contributed by atoms with Crippen molar-refractivity contribution < 1.29 is 42.9 Å². The average Bonchev–Trinajstić information content (AvgIpc) is 2.87. The lowest BCUT2D eigenvalue weighted by Gasteiger charge is -2.18. The molecule has 0 aromatic heterocycles. The summed E-state index contributed by atoms with van der Waals surface area (Å²) in [5.74, 6) is -2.01. The first-order valence-corrected chi connectivity index (χ1v) is 13.3. The third-order valence-corrected chi connectivity index (χ3v) is 5.61. The second-order valence-electron chi connectivity index (χ2n) is 9.47. The van der Waals surface area contributed by atoms with Crippen LogP contribution in [0.5, 0.6) is 11.5 Å². The number of nitrogens with two attached hydrogens (primary N) is 1. The van der Waals surface area contributed by atoms with Crippen LogP contribution in [-0.2, 0) is 35.0 Å². The van der Waals surface area contributed by atoms with Crippen LogP contribution in [0.3, 0.4) is 0 Å². The lowest BCUT2D eigenvalue weighted by molar-refractivity contribution is -0.152. The van der Waals surface area contributed by atoms with E-state index in [1.807, 2.05) is 20.8 Å². The van der Waals surface area contributed by atoms with Crippen molar-refractivity contribution in [2.75, 3.05) is 13.2 Å². The molecule has 214 valence electrons. The van der Waals surface area contributed by atoms with Gasteiger partial charge in [-0.25, -0.2) is 4.79 Å². The normalized spacial score (nSPS) is 14.0. The van der Waals surface area contributed by atoms with E-state index >= 15 is 0 Å².